The van der Waals surface area contributed by atoms with E-state index in [2.05, 4.69) is 14.7 Å². The molecule has 0 atom stereocenters. The van der Waals surface area contributed by atoms with Crippen LogP contribution in [0.3, 0.4) is 0 Å². The Morgan fingerprint density at radius 2 is 2.15 bits per heavy atom. The average molecular weight is 291 g/mol. The number of aromatic nitrogens is 2. The number of carbonyl (C=O) groups is 2. The average Bonchev–Trinajstić information content (AvgIpc) is 2.73. The lowest BCUT2D eigenvalue weighted by atomic mass is 10.1. The fourth-order valence-corrected chi connectivity index (χ4v) is 2.54. The molecular weight excluding hydrogens is 278 g/mol. The van der Waals surface area contributed by atoms with Gasteiger partial charge in [0.25, 0.3) is 0 Å². The van der Waals surface area contributed by atoms with Crippen LogP contribution in [0.5, 0.6) is 0 Å². The second-order valence-corrected chi connectivity index (χ2v) is 5.04. The summed E-state index contributed by atoms with van der Waals surface area (Å²) in [4.78, 5) is 27.2. The highest BCUT2D eigenvalue weighted by atomic mass is 32.1. The van der Waals surface area contributed by atoms with Crippen LogP contribution >= 0.6 is 11.5 Å². The van der Waals surface area contributed by atoms with E-state index in [1.54, 1.807) is 19.2 Å². The van der Waals surface area contributed by atoms with E-state index in [1.807, 2.05) is 13.0 Å². The van der Waals surface area contributed by atoms with Crippen molar-refractivity contribution < 1.29 is 14.7 Å². The molecule has 0 spiro atoms. The SMILES string of the molecule is Cc1cccnc1CC(=O)Nc1snc(C)c1C(=O)O. The number of nitrogens with one attached hydrogen (secondary N) is 1. The third-order valence-electron chi connectivity index (χ3n) is 2.78. The van der Waals surface area contributed by atoms with Crippen molar-refractivity contribution in [2.45, 2.75) is 20.3 Å². The van der Waals surface area contributed by atoms with Gasteiger partial charge in [0.2, 0.25) is 5.91 Å². The number of hydrogen-bond donors (Lipinski definition) is 2. The Labute approximate surface area is 119 Å². The maximum atomic E-state index is 12.0. The molecule has 0 aliphatic rings. The first-order valence-corrected chi connectivity index (χ1v) is 6.66. The molecule has 0 aromatic carbocycles. The van der Waals surface area contributed by atoms with Crippen molar-refractivity contribution in [3.63, 3.8) is 0 Å². The molecule has 20 heavy (non-hydrogen) atoms. The number of carboxylic acid groups (broad SMARTS) is 1. The van der Waals surface area contributed by atoms with E-state index in [4.69, 9.17) is 5.11 Å². The molecule has 7 heteroatoms. The van der Waals surface area contributed by atoms with Crippen LogP contribution < -0.4 is 5.32 Å². The Hall–Kier alpha value is -2.28. The van der Waals surface area contributed by atoms with Crippen LogP contribution in [-0.2, 0) is 11.2 Å². The molecule has 2 rings (SSSR count). The summed E-state index contributed by atoms with van der Waals surface area (Å²) in [5, 5.41) is 11.9. The molecule has 0 saturated heterocycles. The molecular formula is C13H13N3O3S. The monoisotopic (exact) mass is 291 g/mol. The van der Waals surface area contributed by atoms with Crippen molar-refractivity contribution >= 4 is 28.4 Å². The molecule has 0 aliphatic carbocycles. The Bertz CT molecular complexity index is 667. The predicted molar refractivity (Wildman–Crippen MR) is 75.1 cm³/mol. The standard InChI is InChI=1S/C13H13N3O3S/c1-7-4-3-5-14-9(7)6-10(17)15-12-11(13(18)19)8(2)16-20-12/h3-5H,6H2,1-2H3,(H,15,17)(H,18,19). The molecule has 0 unspecified atom stereocenters. The lowest BCUT2D eigenvalue weighted by Crippen LogP contribution is -2.17. The minimum Gasteiger partial charge on any atom is -0.478 e. The van der Waals surface area contributed by atoms with Crippen LogP contribution in [0.25, 0.3) is 0 Å². The topological polar surface area (TPSA) is 92.2 Å². The number of carbonyl (C=O) groups excluding carboxylic acids is 1. The van der Waals surface area contributed by atoms with Crippen molar-refractivity contribution in [2.24, 2.45) is 0 Å². The Morgan fingerprint density at radius 1 is 1.40 bits per heavy atom. The lowest BCUT2D eigenvalue weighted by molar-refractivity contribution is -0.115. The van der Waals surface area contributed by atoms with Gasteiger partial charge in [-0.25, -0.2) is 4.79 Å². The fourth-order valence-electron chi connectivity index (χ4n) is 1.73. The lowest BCUT2D eigenvalue weighted by Gasteiger charge is -2.05. The van der Waals surface area contributed by atoms with E-state index in [0.29, 0.717) is 11.4 Å². The summed E-state index contributed by atoms with van der Waals surface area (Å²) in [6.45, 7) is 3.47. The van der Waals surface area contributed by atoms with E-state index >= 15 is 0 Å². The first-order valence-electron chi connectivity index (χ1n) is 5.89. The Morgan fingerprint density at radius 3 is 2.80 bits per heavy atom. The zero-order valence-corrected chi connectivity index (χ0v) is 11.8. The fraction of sp³-hybridized carbons (Fsp3) is 0.231. The van der Waals surface area contributed by atoms with Gasteiger partial charge in [-0.3, -0.25) is 9.78 Å². The van der Waals surface area contributed by atoms with Crippen molar-refractivity contribution in [1.82, 2.24) is 9.36 Å². The predicted octanol–water partition coefficient (Wildman–Crippen LogP) is 2.03. The van der Waals surface area contributed by atoms with Crippen molar-refractivity contribution in [3.05, 3.63) is 40.8 Å². The zero-order chi connectivity index (χ0) is 14.7. The second kappa shape index (κ2) is 5.79. The Kier molecular flexibility index (Phi) is 4.09. The van der Waals surface area contributed by atoms with Gasteiger partial charge in [-0.15, -0.1) is 0 Å². The highest BCUT2D eigenvalue weighted by Crippen LogP contribution is 2.24. The van der Waals surface area contributed by atoms with E-state index in [9.17, 15) is 9.59 Å². The van der Waals surface area contributed by atoms with Crippen LogP contribution in [0.1, 0.15) is 27.3 Å². The molecule has 1 amide bonds. The summed E-state index contributed by atoms with van der Waals surface area (Å²) in [7, 11) is 0. The van der Waals surface area contributed by atoms with Crippen LogP contribution in [0.15, 0.2) is 18.3 Å². The van der Waals surface area contributed by atoms with E-state index in [-0.39, 0.29) is 22.9 Å². The minimum atomic E-state index is -1.10. The molecule has 0 radical (unpaired) electrons. The summed E-state index contributed by atoms with van der Waals surface area (Å²) in [6.07, 6.45) is 1.72. The molecule has 6 nitrogen and oxygen atoms in total. The third-order valence-corrected chi connectivity index (χ3v) is 3.63. The number of aromatic carboxylic acids is 1. The quantitative estimate of drug-likeness (QED) is 0.899. The molecule has 2 aromatic rings. The highest BCUT2D eigenvalue weighted by molar-refractivity contribution is 7.11. The van der Waals surface area contributed by atoms with Crippen molar-refractivity contribution in [3.8, 4) is 0 Å². The van der Waals surface area contributed by atoms with Gasteiger partial charge in [0.15, 0.2) is 0 Å². The van der Waals surface area contributed by atoms with Gasteiger partial charge >= 0.3 is 5.97 Å². The summed E-state index contributed by atoms with van der Waals surface area (Å²) in [6, 6.07) is 3.67. The molecule has 2 N–H and O–H groups in total. The zero-order valence-electron chi connectivity index (χ0n) is 11.0. The molecule has 0 aliphatic heterocycles. The van der Waals surface area contributed by atoms with E-state index in [1.165, 1.54) is 0 Å². The smallest absolute Gasteiger partial charge is 0.340 e. The minimum absolute atomic E-state index is 0.0427. The summed E-state index contributed by atoms with van der Waals surface area (Å²) in [5.74, 6) is -1.40. The van der Waals surface area contributed by atoms with Gasteiger partial charge in [0.1, 0.15) is 10.6 Å². The number of rotatable bonds is 4. The van der Waals surface area contributed by atoms with Gasteiger partial charge in [-0.1, -0.05) is 6.07 Å². The molecule has 0 saturated carbocycles. The number of hydrogen-bond acceptors (Lipinski definition) is 5. The molecule has 2 aromatic heterocycles. The first-order chi connectivity index (χ1) is 9.49. The van der Waals surface area contributed by atoms with Gasteiger partial charge in [-0.05, 0) is 37.0 Å². The normalized spacial score (nSPS) is 10.3. The summed E-state index contributed by atoms with van der Waals surface area (Å²) >= 11 is 0.964. The number of aryl methyl sites for hydroxylation is 2. The summed E-state index contributed by atoms with van der Waals surface area (Å²) < 4.78 is 3.95. The first kappa shape index (κ1) is 14.1. The highest BCUT2D eigenvalue weighted by Gasteiger charge is 2.19. The van der Waals surface area contributed by atoms with Crippen molar-refractivity contribution in [1.29, 1.82) is 0 Å². The van der Waals surface area contributed by atoms with Crippen LogP contribution in [0.4, 0.5) is 5.00 Å². The van der Waals surface area contributed by atoms with E-state index < -0.39 is 5.97 Å². The third kappa shape index (κ3) is 3.00. The largest absolute Gasteiger partial charge is 0.478 e. The van der Waals surface area contributed by atoms with Crippen LogP contribution in [0.2, 0.25) is 0 Å². The molecule has 104 valence electrons. The second-order valence-electron chi connectivity index (χ2n) is 4.27. The van der Waals surface area contributed by atoms with Gasteiger partial charge in [-0.2, -0.15) is 4.37 Å². The number of anilines is 1. The van der Waals surface area contributed by atoms with Gasteiger partial charge < -0.3 is 10.4 Å². The van der Waals surface area contributed by atoms with Crippen LogP contribution in [-0.4, -0.2) is 26.3 Å². The molecule has 2 heterocycles. The molecule has 0 bridgehead atoms. The van der Waals surface area contributed by atoms with Gasteiger partial charge in [0.05, 0.1) is 17.8 Å². The molecule has 0 fully saturated rings. The maximum absolute atomic E-state index is 12.0. The Balaban J connectivity index is 2.13. The number of carboxylic acids is 1. The maximum Gasteiger partial charge on any atom is 0.340 e. The van der Waals surface area contributed by atoms with Crippen molar-refractivity contribution in [2.75, 3.05) is 5.32 Å². The van der Waals surface area contributed by atoms with E-state index in [0.717, 1.165) is 17.1 Å². The number of amides is 1. The summed E-state index contributed by atoms with van der Waals surface area (Å²) in [5.41, 5.74) is 2.03. The van der Waals surface area contributed by atoms with Crippen LogP contribution in [0, 0.1) is 13.8 Å². The number of pyridine rings is 1. The number of nitrogens with zero attached hydrogens (tertiary/aromatic N) is 2. The van der Waals surface area contributed by atoms with Gasteiger partial charge in [0, 0.05) is 6.20 Å².